The molecule has 1 saturated heterocycles. The topological polar surface area (TPSA) is 158 Å². The van der Waals surface area contributed by atoms with Gasteiger partial charge in [0, 0.05) is 6.42 Å². The number of rotatable bonds is 12. The van der Waals surface area contributed by atoms with Crippen LogP contribution in [0.25, 0.3) is 0 Å². The van der Waals surface area contributed by atoms with Gasteiger partial charge >= 0.3 is 23.9 Å². The monoisotopic (exact) mass is 360 g/mol. The molecule has 0 aliphatic carbocycles. The Balaban J connectivity index is 2.36. The summed E-state index contributed by atoms with van der Waals surface area (Å²) < 4.78 is 4.54. The van der Waals surface area contributed by atoms with Gasteiger partial charge in [0.05, 0.1) is 0 Å². The van der Waals surface area contributed by atoms with E-state index in [4.69, 9.17) is 15.3 Å². The van der Waals surface area contributed by atoms with Crippen molar-refractivity contribution in [3.8, 4) is 0 Å². The number of hydrogen-bond acceptors (Lipinski definition) is 6. The smallest absolute Gasteiger partial charge is 0.348 e. The summed E-state index contributed by atoms with van der Waals surface area (Å²) in [6, 6.07) is 0. The third-order valence-electron chi connectivity index (χ3n) is 4.40. The SMILES string of the molecule is O=C(O)CCCCCCCCC[C@H]1C(=O)O[C@@H](C(=O)O)[C@]1(O)C(=O)O. The van der Waals surface area contributed by atoms with Crippen molar-refractivity contribution in [2.75, 3.05) is 0 Å². The van der Waals surface area contributed by atoms with Crippen LogP contribution in [0.1, 0.15) is 57.8 Å². The van der Waals surface area contributed by atoms with E-state index in [1.807, 2.05) is 0 Å². The fourth-order valence-corrected chi connectivity index (χ4v) is 3.00. The molecule has 0 radical (unpaired) electrons. The lowest BCUT2D eigenvalue weighted by Crippen LogP contribution is -2.54. The minimum atomic E-state index is -2.75. The van der Waals surface area contributed by atoms with E-state index in [0.29, 0.717) is 19.3 Å². The minimum Gasteiger partial charge on any atom is -0.481 e. The molecule has 25 heavy (non-hydrogen) atoms. The van der Waals surface area contributed by atoms with Gasteiger partial charge in [-0.15, -0.1) is 0 Å². The quantitative estimate of drug-likeness (QED) is 0.294. The molecule has 0 amide bonds. The average Bonchev–Trinajstić information content (AvgIpc) is 2.78. The number of carbonyl (C=O) groups is 4. The van der Waals surface area contributed by atoms with E-state index in [2.05, 4.69) is 4.74 Å². The lowest BCUT2D eigenvalue weighted by molar-refractivity contribution is -0.179. The predicted octanol–water partition coefficient (Wildman–Crippen LogP) is 1.02. The summed E-state index contributed by atoms with van der Waals surface area (Å²) in [5.41, 5.74) is -2.75. The van der Waals surface area contributed by atoms with Crippen LogP contribution in [0, 0.1) is 5.92 Å². The molecular weight excluding hydrogens is 336 g/mol. The zero-order chi connectivity index (χ0) is 19.0. The van der Waals surface area contributed by atoms with Crippen LogP contribution >= 0.6 is 0 Å². The first-order chi connectivity index (χ1) is 11.7. The standard InChI is InChI=1S/C16H24O9/c17-11(18)9-7-5-3-1-2-4-6-8-10-14(21)25-12(13(19)20)16(10,24)15(22)23/h10,12,24H,1-9H2,(H,17,18)(H,19,20)(H,22,23)/t10-,12-,16-/m0/s1. The van der Waals surface area contributed by atoms with Gasteiger partial charge in [0.15, 0.2) is 0 Å². The van der Waals surface area contributed by atoms with E-state index in [0.717, 1.165) is 25.7 Å². The maximum atomic E-state index is 11.7. The molecule has 142 valence electrons. The number of aliphatic hydroxyl groups is 1. The van der Waals surface area contributed by atoms with Gasteiger partial charge in [0.2, 0.25) is 11.7 Å². The number of esters is 1. The Morgan fingerprint density at radius 1 is 0.920 bits per heavy atom. The van der Waals surface area contributed by atoms with Gasteiger partial charge in [0.1, 0.15) is 5.92 Å². The van der Waals surface area contributed by atoms with E-state index in [1.165, 1.54) is 0 Å². The largest absolute Gasteiger partial charge is 0.481 e. The molecule has 1 aliphatic heterocycles. The molecule has 0 bridgehead atoms. The highest BCUT2D eigenvalue weighted by Gasteiger charge is 2.64. The first-order valence-electron chi connectivity index (χ1n) is 8.32. The molecule has 4 N–H and O–H groups in total. The van der Waals surface area contributed by atoms with Gasteiger partial charge in [-0.05, 0) is 12.8 Å². The summed E-state index contributed by atoms with van der Waals surface area (Å²) in [4.78, 5) is 44.4. The summed E-state index contributed by atoms with van der Waals surface area (Å²) in [5, 5.41) is 36.8. The average molecular weight is 360 g/mol. The minimum absolute atomic E-state index is 0.0322. The fraction of sp³-hybridized carbons (Fsp3) is 0.750. The first kappa shape index (κ1) is 20.9. The zero-order valence-electron chi connectivity index (χ0n) is 13.8. The number of carboxylic acids is 3. The number of aliphatic carboxylic acids is 3. The molecular formula is C16H24O9. The van der Waals surface area contributed by atoms with Gasteiger partial charge in [0.25, 0.3) is 0 Å². The Morgan fingerprint density at radius 3 is 1.92 bits per heavy atom. The van der Waals surface area contributed by atoms with Gasteiger partial charge in [-0.25, -0.2) is 9.59 Å². The Kier molecular flexibility index (Phi) is 7.82. The molecule has 0 aromatic heterocycles. The van der Waals surface area contributed by atoms with E-state index in [1.54, 1.807) is 0 Å². The van der Waals surface area contributed by atoms with Crippen LogP contribution in [-0.4, -0.2) is 56.0 Å². The van der Waals surface area contributed by atoms with Gasteiger partial charge in [-0.2, -0.15) is 0 Å². The highest BCUT2D eigenvalue weighted by molar-refractivity contribution is 5.97. The Bertz CT molecular complexity index is 516. The highest BCUT2D eigenvalue weighted by atomic mass is 16.6. The molecule has 0 spiro atoms. The van der Waals surface area contributed by atoms with Crippen LogP contribution in [0.3, 0.4) is 0 Å². The first-order valence-corrected chi connectivity index (χ1v) is 8.32. The van der Waals surface area contributed by atoms with E-state index in [-0.39, 0.29) is 12.8 Å². The number of ether oxygens (including phenoxy) is 1. The van der Waals surface area contributed by atoms with Crippen molar-refractivity contribution in [3.05, 3.63) is 0 Å². The lowest BCUT2D eigenvalue weighted by Gasteiger charge is -2.24. The van der Waals surface area contributed by atoms with Crippen molar-refractivity contribution in [2.24, 2.45) is 5.92 Å². The van der Waals surface area contributed by atoms with Crippen LogP contribution < -0.4 is 0 Å². The van der Waals surface area contributed by atoms with Crippen molar-refractivity contribution < 1.29 is 44.3 Å². The van der Waals surface area contributed by atoms with Crippen LogP contribution in [-0.2, 0) is 23.9 Å². The summed E-state index contributed by atoms with van der Waals surface area (Å²) in [7, 11) is 0. The second-order valence-electron chi connectivity index (χ2n) is 6.25. The van der Waals surface area contributed by atoms with E-state index >= 15 is 0 Å². The van der Waals surface area contributed by atoms with Gasteiger partial charge in [-0.1, -0.05) is 38.5 Å². The van der Waals surface area contributed by atoms with Crippen molar-refractivity contribution >= 4 is 23.9 Å². The molecule has 9 heteroatoms. The predicted molar refractivity (Wildman–Crippen MR) is 82.8 cm³/mol. The molecule has 9 nitrogen and oxygen atoms in total. The second kappa shape index (κ2) is 9.36. The van der Waals surface area contributed by atoms with E-state index < -0.39 is 41.5 Å². The highest BCUT2D eigenvalue weighted by Crippen LogP contribution is 2.37. The fourth-order valence-electron chi connectivity index (χ4n) is 3.00. The van der Waals surface area contributed by atoms with E-state index in [9.17, 15) is 24.3 Å². The molecule has 0 aromatic carbocycles. The third-order valence-corrected chi connectivity index (χ3v) is 4.40. The van der Waals surface area contributed by atoms with Crippen molar-refractivity contribution in [1.29, 1.82) is 0 Å². The van der Waals surface area contributed by atoms with Gasteiger partial charge in [-0.3, -0.25) is 9.59 Å². The lowest BCUT2D eigenvalue weighted by atomic mass is 9.82. The van der Waals surface area contributed by atoms with Crippen molar-refractivity contribution in [2.45, 2.75) is 69.5 Å². The molecule has 1 rings (SSSR count). The third kappa shape index (κ3) is 5.42. The summed E-state index contributed by atoms with van der Waals surface area (Å²) in [5.74, 6) is -6.70. The maximum absolute atomic E-state index is 11.7. The molecule has 1 aliphatic rings. The summed E-state index contributed by atoms with van der Waals surface area (Å²) >= 11 is 0. The van der Waals surface area contributed by atoms with Gasteiger partial charge < -0.3 is 25.2 Å². The Hall–Kier alpha value is -2.16. The number of hydrogen-bond donors (Lipinski definition) is 4. The maximum Gasteiger partial charge on any atom is 0.348 e. The molecule has 0 saturated carbocycles. The number of carbonyl (C=O) groups excluding carboxylic acids is 1. The van der Waals surface area contributed by atoms with Crippen LogP contribution in [0.15, 0.2) is 0 Å². The van der Waals surface area contributed by atoms with Crippen LogP contribution in [0.2, 0.25) is 0 Å². The van der Waals surface area contributed by atoms with Crippen molar-refractivity contribution in [1.82, 2.24) is 0 Å². The number of cyclic esters (lactones) is 1. The molecule has 1 heterocycles. The van der Waals surface area contributed by atoms with Crippen molar-refractivity contribution in [3.63, 3.8) is 0 Å². The molecule has 1 fully saturated rings. The summed E-state index contributed by atoms with van der Waals surface area (Å²) in [6.07, 6.45) is 3.28. The van der Waals surface area contributed by atoms with Crippen LogP contribution in [0.5, 0.6) is 0 Å². The number of carboxylic acid groups (broad SMARTS) is 3. The molecule has 0 unspecified atom stereocenters. The van der Waals surface area contributed by atoms with Crippen LogP contribution in [0.4, 0.5) is 0 Å². The number of unbranched alkanes of at least 4 members (excludes halogenated alkanes) is 6. The Labute approximate surface area is 144 Å². The molecule has 3 atom stereocenters. The Morgan fingerprint density at radius 2 is 1.44 bits per heavy atom. The zero-order valence-corrected chi connectivity index (χ0v) is 13.8. The summed E-state index contributed by atoms with van der Waals surface area (Å²) in [6.45, 7) is 0. The second-order valence-corrected chi connectivity index (χ2v) is 6.25. The molecule has 0 aromatic rings. The normalized spacial score (nSPS) is 25.6.